The standard InChI is InChI=1S/C19H18ClNO3/c1-13(2)24-19(23)15-7-9-17(10-8-15)21-18(22)11-6-14-4-3-5-16(20)12-14/h3-13H,1-2H3,(H,21,22). The molecule has 0 aliphatic heterocycles. The van der Waals surface area contributed by atoms with E-state index in [4.69, 9.17) is 16.3 Å². The number of hydrogen-bond acceptors (Lipinski definition) is 3. The summed E-state index contributed by atoms with van der Waals surface area (Å²) in [6.45, 7) is 3.58. The molecular formula is C19H18ClNO3. The summed E-state index contributed by atoms with van der Waals surface area (Å²) in [4.78, 5) is 23.7. The van der Waals surface area contributed by atoms with Gasteiger partial charge in [0.25, 0.3) is 0 Å². The minimum Gasteiger partial charge on any atom is -0.459 e. The van der Waals surface area contributed by atoms with Crippen LogP contribution in [0.5, 0.6) is 0 Å². The van der Waals surface area contributed by atoms with E-state index in [-0.39, 0.29) is 18.0 Å². The average molecular weight is 344 g/mol. The highest BCUT2D eigenvalue weighted by Crippen LogP contribution is 2.13. The third-order valence-electron chi connectivity index (χ3n) is 3.01. The van der Waals surface area contributed by atoms with Crippen molar-refractivity contribution in [2.75, 3.05) is 5.32 Å². The first kappa shape index (κ1) is 17.8. The number of rotatable bonds is 5. The second-order valence-corrected chi connectivity index (χ2v) is 5.85. The first-order chi connectivity index (χ1) is 11.4. The molecule has 124 valence electrons. The van der Waals surface area contributed by atoms with Gasteiger partial charge in [0.2, 0.25) is 5.91 Å². The number of benzene rings is 2. The highest BCUT2D eigenvalue weighted by Gasteiger charge is 2.09. The molecular weight excluding hydrogens is 326 g/mol. The number of esters is 1. The van der Waals surface area contributed by atoms with E-state index in [1.54, 1.807) is 56.3 Å². The molecule has 1 amide bonds. The second kappa shape index (κ2) is 8.31. The Kier molecular flexibility index (Phi) is 6.15. The fourth-order valence-corrected chi connectivity index (χ4v) is 2.14. The van der Waals surface area contributed by atoms with Crippen molar-refractivity contribution >= 4 is 35.2 Å². The Morgan fingerprint density at radius 2 is 1.83 bits per heavy atom. The van der Waals surface area contributed by atoms with Crippen LogP contribution in [-0.4, -0.2) is 18.0 Å². The summed E-state index contributed by atoms with van der Waals surface area (Å²) < 4.78 is 5.11. The molecule has 0 spiro atoms. The summed E-state index contributed by atoms with van der Waals surface area (Å²) in [6.07, 6.45) is 2.93. The monoisotopic (exact) mass is 343 g/mol. The van der Waals surface area contributed by atoms with Gasteiger partial charge in [-0.25, -0.2) is 4.79 Å². The van der Waals surface area contributed by atoms with Crippen molar-refractivity contribution in [2.24, 2.45) is 0 Å². The van der Waals surface area contributed by atoms with Crippen molar-refractivity contribution in [2.45, 2.75) is 20.0 Å². The quantitative estimate of drug-likeness (QED) is 0.639. The van der Waals surface area contributed by atoms with E-state index in [1.807, 2.05) is 12.1 Å². The first-order valence-electron chi connectivity index (χ1n) is 7.50. The molecule has 0 aromatic heterocycles. The zero-order valence-corrected chi connectivity index (χ0v) is 14.2. The molecule has 0 aliphatic rings. The fraction of sp³-hybridized carbons (Fsp3) is 0.158. The molecule has 4 nitrogen and oxygen atoms in total. The number of anilines is 1. The second-order valence-electron chi connectivity index (χ2n) is 5.41. The number of halogens is 1. The Morgan fingerprint density at radius 3 is 2.46 bits per heavy atom. The van der Waals surface area contributed by atoms with Crippen molar-refractivity contribution in [3.05, 3.63) is 70.8 Å². The number of nitrogens with one attached hydrogen (secondary N) is 1. The lowest BCUT2D eigenvalue weighted by atomic mass is 10.2. The predicted molar refractivity (Wildman–Crippen MR) is 96.1 cm³/mol. The number of carbonyl (C=O) groups excluding carboxylic acids is 2. The molecule has 0 aliphatic carbocycles. The fourth-order valence-electron chi connectivity index (χ4n) is 1.94. The zero-order valence-electron chi connectivity index (χ0n) is 13.5. The van der Waals surface area contributed by atoms with Crippen LogP contribution in [0.15, 0.2) is 54.6 Å². The third-order valence-corrected chi connectivity index (χ3v) is 3.24. The van der Waals surface area contributed by atoms with Crippen LogP contribution in [0, 0.1) is 0 Å². The number of carbonyl (C=O) groups is 2. The van der Waals surface area contributed by atoms with Gasteiger partial charge >= 0.3 is 5.97 Å². The summed E-state index contributed by atoms with van der Waals surface area (Å²) in [5, 5.41) is 3.34. The maximum Gasteiger partial charge on any atom is 0.338 e. The Morgan fingerprint density at radius 1 is 1.12 bits per heavy atom. The minimum absolute atomic E-state index is 0.173. The molecule has 0 radical (unpaired) electrons. The van der Waals surface area contributed by atoms with Crippen LogP contribution in [0.2, 0.25) is 5.02 Å². The molecule has 2 aromatic carbocycles. The number of amides is 1. The van der Waals surface area contributed by atoms with Crippen molar-refractivity contribution in [3.8, 4) is 0 Å². The molecule has 1 N–H and O–H groups in total. The van der Waals surface area contributed by atoms with Gasteiger partial charge in [-0.1, -0.05) is 23.7 Å². The van der Waals surface area contributed by atoms with Gasteiger partial charge in [0.15, 0.2) is 0 Å². The largest absolute Gasteiger partial charge is 0.459 e. The van der Waals surface area contributed by atoms with Gasteiger partial charge in [0.1, 0.15) is 0 Å². The summed E-state index contributed by atoms with van der Waals surface area (Å²) in [5.41, 5.74) is 1.87. The Hall–Kier alpha value is -2.59. The van der Waals surface area contributed by atoms with Crippen molar-refractivity contribution < 1.29 is 14.3 Å². The molecule has 2 aromatic rings. The van der Waals surface area contributed by atoms with Crippen LogP contribution >= 0.6 is 11.6 Å². The van der Waals surface area contributed by atoms with Gasteiger partial charge in [0.05, 0.1) is 11.7 Å². The van der Waals surface area contributed by atoms with Crippen LogP contribution in [-0.2, 0) is 9.53 Å². The molecule has 0 saturated heterocycles. The van der Waals surface area contributed by atoms with Crippen LogP contribution in [0.25, 0.3) is 6.08 Å². The van der Waals surface area contributed by atoms with Gasteiger partial charge in [-0.05, 0) is 61.9 Å². The summed E-state index contributed by atoms with van der Waals surface area (Å²) in [6, 6.07) is 13.7. The SMILES string of the molecule is CC(C)OC(=O)c1ccc(NC(=O)C=Cc2cccc(Cl)c2)cc1. The normalized spacial score (nSPS) is 10.8. The van der Waals surface area contributed by atoms with Crippen LogP contribution in [0.1, 0.15) is 29.8 Å². The summed E-state index contributed by atoms with van der Waals surface area (Å²) in [5.74, 6) is -0.656. The summed E-state index contributed by atoms with van der Waals surface area (Å²) in [7, 11) is 0. The van der Waals surface area contributed by atoms with Crippen molar-refractivity contribution in [1.29, 1.82) is 0 Å². The molecule has 2 rings (SSSR count). The highest BCUT2D eigenvalue weighted by molar-refractivity contribution is 6.30. The Bertz CT molecular complexity index is 751. The van der Waals surface area contributed by atoms with Gasteiger partial charge < -0.3 is 10.1 Å². The van der Waals surface area contributed by atoms with E-state index in [0.717, 1.165) is 5.56 Å². The molecule has 0 bridgehead atoms. The number of ether oxygens (including phenoxy) is 1. The van der Waals surface area contributed by atoms with Gasteiger partial charge in [-0.2, -0.15) is 0 Å². The molecule has 0 saturated carbocycles. The van der Waals surface area contributed by atoms with Crippen LogP contribution < -0.4 is 5.32 Å². The zero-order chi connectivity index (χ0) is 17.5. The van der Waals surface area contributed by atoms with E-state index in [0.29, 0.717) is 16.3 Å². The number of hydrogen-bond donors (Lipinski definition) is 1. The lowest BCUT2D eigenvalue weighted by molar-refractivity contribution is -0.111. The highest BCUT2D eigenvalue weighted by atomic mass is 35.5. The molecule has 0 heterocycles. The molecule has 0 fully saturated rings. The topological polar surface area (TPSA) is 55.4 Å². The van der Waals surface area contributed by atoms with E-state index in [1.165, 1.54) is 6.08 Å². The molecule has 5 heteroatoms. The predicted octanol–water partition coefficient (Wildman–Crippen LogP) is 4.56. The molecule has 0 unspecified atom stereocenters. The van der Waals surface area contributed by atoms with Crippen LogP contribution in [0.4, 0.5) is 5.69 Å². The van der Waals surface area contributed by atoms with E-state index >= 15 is 0 Å². The van der Waals surface area contributed by atoms with Gasteiger partial charge in [-0.15, -0.1) is 0 Å². The Labute approximate surface area is 146 Å². The Balaban J connectivity index is 1.95. The molecule has 24 heavy (non-hydrogen) atoms. The average Bonchev–Trinajstić information content (AvgIpc) is 2.53. The third kappa shape index (κ3) is 5.56. The van der Waals surface area contributed by atoms with E-state index in [9.17, 15) is 9.59 Å². The van der Waals surface area contributed by atoms with E-state index < -0.39 is 0 Å². The first-order valence-corrected chi connectivity index (χ1v) is 7.87. The smallest absolute Gasteiger partial charge is 0.338 e. The van der Waals surface area contributed by atoms with Crippen LogP contribution in [0.3, 0.4) is 0 Å². The van der Waals surface area contributed by atoms with E-state index in [2.05, 4.69) is 5.32 Å². The maximum absolute atomic E-state index is 11.9. The lowest BCUT2D eigenvalue weighted by Gasteiger charge is -2.08. The lowest BCUT2D eigenvalue weighted by Crippen LogP contribution is -2.12. The van der Waals surface area contributed by atoms with Gasteiger partial charge in [-0.3, -0.25) is 4.79 Å². The summed E-state index contributed by atoms with van der Waals surface area (Å²) >= 11 is 5.89. The van der Waals surface area contributed by atoms with Gasteiger partial charge in [0, 0.05) is 16.8 Å². The van der Waals surface area contributed by atoms with Crippen molar-refractivity contribution in [1.82, 2.24) is 0 Å². The maximum atomic E-state index is 11.9. The minimum atomic E-state index is -0.385. The van der Waals surface area contributed by atoms with Crippen molar-refractivity contribution in [3.63, 3.8) is 0 Å². The molecule has 0 atom stereocenters.